The Hall–Kier alpha value is -3.65. The van der Waals surface area contributed by atoms with Crippen molar-refractivity contribution in [1.82, 2.24) is 9.88 Å². The summed E-state index contributed by atoms with van der Waals surface area (Å²) in [5.41, 5.74) is 3.24. The maximum atomic E-state index is 13.5. The van der Waals surface area contributed by atoms with Crippen molar-refractivity contribution in [2.45, 2.75) is 20.1 Å². The maximum Gasteiger partial charge on any atom is 0.263 e. The van der Waals surface area contributed by atoms with E-state index >= 15 is 0 Å². The van der Waals surface area contributed by atoms with Crippen LogP contribution >= 0.6 is 0 Å². The van der Waals surface area contributed by atoms with Gasteiger partial charge < -0.3 is 18.9 Å². The zero-order chi connectivity index (χ0) is 23.0. The highest BCUT2D eigenvalue weighted by atomic mass is 16.5. The third kappa shape index (κ3) is 3.42. The van der Waals surface area contributed by atoms with E-state index in [1.807, 2.05) is 25.1 Å². The van der Waals surface area contributed by atoms with Crippen molar-refractivity contribution in [1.29, 1.82) is 0 Å². The molecule has 3 aromatic rings. The molecule has 1 aromatic heterocycles. The zero-order valence-electron chi connectivity index (χ0n) is 18.6. The van der Waals surface area contributed by atoms with Crippen LogP contribution in [0.25, 0.3) is 10.9 Å². The van der Waals surface area contributed by atoms with Gasteiger partial charge in [0.25, 0.3) is 11.8 Å². The Labute approximate surface area is 185 Å². The Morgan fingerprint density at radius 3 is 2.12 bits per heavy atom. The summed E-state index contributed by atoms with van der Waals surface area (Å²) in [5, 5.41) is 0.648. The molecule has 166 valence electrons. The summed E-state index contributed by atoms with van der Waals surface area (Å²) in [7, 11) is 6.09. The van der Waals surface area contributed by atoms with Gasteiger partial charge in [-0.3, -0.25) is 14.5 Å². The van der Waals surface area contributed by atoms with Gasteiger partial charge in [0.1, 0.15) is 17.2 Å². The minimum absolute atomic E-state index is 0.0254. The van der Waals surface area contributed by atoms with Crippen molar-refractivity contribution in [3.8, 4) is 17.2 Å². The number of fused-ring (bicyclic) bond motifs is 3. The number of carbonyl (C=O) groups excluding carboxylic acids is 2. The van der Waals surface area contributed by atoms with Crippen LogP contribution in [0.4, 0.5) is 0 Å². The first-order chi connectivity index (χ1) is 15.4. The van der Waals surface area contributed by atoms with E-state index in [4.69, 9.17) is 18.9 Å². The molecular weight excluding hydrogens is 412 g/mol. The van der Waals surface area contributed by atoms with E-state index in [2.05, 4.69) is 4.98 Å². The molecule has 0 aliphatic carbocycles. The van der Waals surface area contributed by atoms with E-state index in [1.54, 1.807) is 12.1 Å². The van der Waals surface area contributed by atoms with Gasteiger partial charge in [-0.05, 0) is 19.1 Å². The van der Waals surface area contributed by atoms with Crippen LogP contribution in [-0.2, 0) is 17.9 Å². The number of rotatable bonds is 7. The van der Waals surface area contributed by atoms with Crippen molar-refractivity contribution in [2.75, 3.05) is 28.4 Å². The molecular formula is C24H24N2O6. The van der Waals surface area contributed by atoms with Crippen LogP contribution in [0.5, 0.6) is 17.2 Å². The Morgan fingerprint density at radius 1 is 0.875 bits per heavy atom. The molecule has 0 N–H and O–H groups in total. The first kappa shape index (κ1) is 21.6. The van der Waals surface area contributed by atoms with Crippen LogP contribution in [0.2, 0.25) is 0 Å². The molecule has 8 nitrogen and oxygen atoms in total. The average molecular weight is 436 g/mol. The Kier molecular flexibility index (Phi) is 5.71. The highest BCUT2D eigenvalue weighted by Crippen LogP contribution is 2.38. The van der Waals surface area contributed by atoms with Gasteiger partial charge >= 0.3 is 0 Å². The summed E-state index contributed by atoms with van der Waals surface area (Å²) >= 11 is 0. The van der Waals surface area contributed by atoms with E-state index < -0.39 is 5.91 Å². The van der Waals surface area contributed by atoms with Crippen LogP contribution in [0, 0.1) is 6.92 Å². The van der Waals surface area contributed by atoms with Gasteiger partial charge in [-0.15, -0.1) is 0 Å². The third-order valence-corrected chi connectivity index (χ3v) is 5.55. The largest absolute Gasteiger partial charge is 0.496 e. The molecule has 2 amide bonds. The quantitative estimate of drug-likeness (QED) is 0.524. The lowest BCUT2D eigenvalue weighted by Crippen LogP contribution is -2.29. The van der Waals surface area contributed by atoms with Crippen LogP contribution < -0.4 is 14.2 Å². The number of methoxy groups -OCH3 is 4. The van der Waals surface area contributed by atoms with Gasteiger partial charge in [0.2, 0.25) is 0 Å². The number of pyridine rings is 1. The molecule has 0 unspecified atom stereocenters. The summed E-state index contributed by atoms with van der Waals surface area (Å²) in [5.74, 6) is 0.633. The number of nitrogens with zero attached hydrogens (tertiary/aromatic N) is 2. The number of aryl methyl sites for hydroxylation is 1. The van der Waals surface area contributed by atoms with Crippen LogP contribution in [0.15, 0.2) is 30.3 Å². The van der Waals surface area contributed by atoms with Gasteiger partial charge in [-0.25, -0.2) is 4.98 Å². The van der Waals surface area contributed by atoms with Crippen molar-refractivity contribution < 1.29 is 28.5 Å². The highest BCUT2D eigenvalue weighted by Gasteiger charge is 2.40. The first-order valence-electron chi connectivity index (χ1n) is 10.0. The van der Waals surface area contributed by atoms with E-state index in [0.717, 1.165) is 5.56 Å². The molecule has 2 heterocycles. The molecule has 0 saturated heterocycles. The Bertz CT molecular complexity index is 1210. The molecule has 2 aromatic carbocycles. The predicted octanol–water partition coefficient (Wildman–Crippen LogP) is 3.51. The van der Waals surface area contributed by atoms with E-state index in [0.29, 0.717) is 45.0 Å². The second kappa shape index (κ2) is 8.47. The van der Waals surface area contributed by atoms with Crippen molar-refractivity contribution >= 4 is 22.7 Å². The van der Waals surface area contributed by atoms with Crippen molar-refractivity contribution in [3.05, 3.63) is 58.3 Å². The number of ether oxygens (including phenoxy) is 4. The van der Waals surface area contributed by atoms with Gasteiger partial charge in [-0.1, -0.05) is 11.6 Å². The third-order valence-electron chi connectivity index (χ3n) is 5.55. The summed E-state index contributed by atoms with van der Waals surface area (Å²) in [6.45, 7) is 2.03. The van der Waals surface area contributed by atoms with Gasteiger partial charge in [0.15, 0.2) is 0 Å². The molecule has 4 rings (SSSR count). The standard InChI is InChI=1S/C24H24N2O6/c1-13-6-7-17-15(8-13)21-22(18(25-17)12-29-2)24(28)26(23(21)27)11-16-19(31-4)9-14(30-3)10-20(16)32-5/h6-10H,11-12H2,1-5H3. The lowest BCUT2D eigenvalue weighted by molar-refractivity contribution is 0.0639. The zero-order valence-corrected chi connectivity index (χ0v) is 18.6. The molecule has 1 aliphatic heterocycles. The normalized spacial score (nSPS) is 13.0. The summed E-state index contributed by atoms with van der Waals surface area (Å²) in [4.78, 5) is 32.8. The molecule has 0 radical (unpaired) electrons. The SMILES string of the molecule is COCc1nc2ccc(C)cc2c2c1C(=O)N(Cc1c(OC)cc(OC)cc1OC)C2=O. The second-order valence-electron chi connectivity index (χ2n) is 7.47. The Morgan fingerprint density at radius 2 is 1.53 bits per heavy atom. The number of amides is 2. The smallest absolute Gasteiger partial charge is 0.263 e. The summed E-state index contributed by atoms with van der Waals surface area (Å²) in [6, 6.07) is 9.02. The molecule has 0 saturated carbocycles. The molecule has 0 spiro atoms. The number of carbonyl (C=O) groups is 2. The fourth-order valence-electron chi connectivity index (χ4n) is 4.02. The minimum atomic E-state index is -0.423. The topological polar surface area (TPSA) is 87.2 Å². The summed E-state index contributed by atoms with van der Waals surface area (Å²) in [6.07, 6.45) is 0. The maximum absolute atomic E-state index is 13.5. The lowest BCUT2D eigenvalue weighted by Gasteiger charge is -2.19. The highest BCUT2D eigenvalue weighted by molar-refractivity contribution is 6.26. The van der Waals surface area contributed by atoms with E-state index in [-0.39, 0.29) is 24.6 Å². The number of hydrogen-bond acceptors (Lipinski definition) is 7. The molecule has 0 atom stereocenters. The molecule has 0 fully saturated rings. The number of benzene rings is 2. The van der Waals surface area contributed by atoms with Gasteiger partial charge in [0.05, 0.1) is 62.4 Å². The fraction of sp³-hybridized carbons (Fsp3) is 0.292. The first-order valence-corrected chi connectivity index (χ1v) is 10.0. The average Bonchev–Trinajstić information content (AvgIpc) is 3.05. The number of hydrogen-bond donors (Lipinski definition) is 0. The molecule has 1 aliphatic rings. The Balaban J connectivity index is 1.86. The lowest BCUT2D eigenvalue weighted by atomic mass is 10.0. The molecule has 32 heavy (non-hydrogen) atoms. The van der Waals surface area contributed by atoms with Crippen LogP contribution in [0.3, 0.4) is 0 Å². The van der Waals surface area contributed by atoms with Crippen molar-refractivity contribution in [3.63, 3.8) is 0 Å². The van der Waals surface area contributed by atoms with Gasteiger partial charge in [-0.2, -0.15) is 0 Å². The van der Waals surface area contributed by atoms with E-state index in [9.17, 15) is 9.59 Å². The minimum Gasteiger partial charge on any atom is -0.496 e. The molecule has 8 heteroatoms. The monoisotopic (exact) mass is 436 g/mol. The van der Waals surface area contributed by atoms with Crippen molar-refractivity contribution in [2.24, 2.45) is 0 Å². The van der Waals surface area contributed by atoms with Gasteiger partial charge in [0, 0.05) is 24.6 Å². The molecule has 0 bridgehead atoms. The number of aromatic nitrogens is 1. The fourth-order valence-corrected chi connectivity index (χ4v) is 4.02. The number of imide groups is 1. The van der Waals surface area contributed by atoms with Crippen LogP contribution in [-0.4, -0.2) is 50.1 Å². The van der Waals surface area contributed by atoms with Crippen LogP contribution in [0.1, 0.15) is 37.5 Å². The predicted molar refractivity (Wildman–Crippen MR) is 117 cm³/mol. The van der Waals surface area contributed by atoms with E-state index in [1.165, 1.54) is 33.3 Å². The second-order valence-corrected chi connectivity index (χ2v) is 7.47. The summed E-state index contributed by atoms with van der Waals surface area (Å²) < 4.78 is 21.5.